The fourth-order valence-electron chi connectivity index (χ4n) is 1.69. The number of aromatic nitrogens is 2. The summed E-state index contributed by atoms with van der Waals surface area (Å²) in [6, 6.07) is 7.16. The number of amides is 1. The first-order valence-electron chi connectivity index (χ1n) is 5.78. The Bertz CT molecular complexity index is 649. The van der Waals surface area contributed by atoms with E-state index in [0.29, 0.717) is 11.4 Å². The number of hydrogen-bond donors (Lipinski definition) is 2. The van der Waals surface area contributed by atoms with Crippen LogP contribution in [0.5, 0.6) is 0 Å². The number of carbonyl (C=O) groups excluding carboxylic acids is 1. The van der Waals surface area contributed by atoms with Gasteiger partial charge in [0.1, 0.15) is 12.1 Å². The minimum atomic E-state index is -1.05. The fourth-order valence-corrected chi connectivity index (χ4v) is 1.95. The zero-order valence-corrected chi connectivity index (χ0v) is 12.2. The molecule has 0 saturated carbocycles. The van der Waals surface area contributed by atoms with Crippen molar-refractivity contribution in [1.29, 1.82) is 0 Å². The van der Waals surface area contributed by atoms with E-state index in [1.807, 2.05) is 12.1 Å². The Hall–Kier alpha value is -2.15. The summed E-state index contributed by atoms with van der Waals surface area (Å²) in [6.45, 7) is 1.55. The van der Waals surface area contributed by atoms with E-state index in [9.17, 15) is 9.59 Å². The lowest BCUT2D eigenvalue weighted by atomic mass is 10.3. The lowest BCUT2D eigenvalue weighted by Crippen LogP contribution is -2.19. The average Bonchev–Trinajstić information content (AvgIpc) is 2.73. The molecule has 0 atom stereocenters. The number of aromatic carboxylic acids is 1. The summed E-state index contributed by atoms with van der Waals surface area (Å²) in [5, 5.41) is 15.6. The van der Waals surface area contributed by atoms with Crippen LogP contribution in [0.4, 0.5) is 5.69 Å². The number of hydrogen-bond acceptors (Lipinski definition) is 3. The number of nitrogens with one attached hydrogen (secondary N) is 1. The summed E-state index contributed by atoms with van der Waals surface area (Å²) in [4.78, 5) is 22.7. The maximum absolute atomic E-state index is 11.8. The molecule has 2 aromatic rings. The molecule has 0 saturated heterocycles. The number of carboxylic acid groups (broad SMARTS) is 1. The van der Waals surface area contributed by atoms with Crippen molar-refractivity contribution in [2.24, 2.45) is 0 Å². The molecule has 2 N–H and O–H groups in total. The van der Waals surface area contributed by atoms with Crippen molar-refractivity contribution in [1.82, 2.24) is 9.78 Å². The number of rotatable bonds is 4. The summed E-state index contributed by atoms with van der Waals surface area (Å²) in [5.41, 5.74) is 1.15. The second kappa shape index (κ2) is 5.87. The van der Waals surface area contributed by atoms with Crippen LogP contribution in [0.3, 0.4) is 0 Å². The van der Waals surface area contributed by atoms with E-state index in [1.165, 1.54) is 10.9 Å². The molecule has 1 heterocycles. The topological polar surface area (TPSA) is 84.2 Å². The smallest absolute Gasteiger partial charge is 0.339 e. The van der Waals surface area contributed by atoms with Crippen LogP contribution in [-0.2, 0) is 11.3 Å². The van der Waals surface area contributed by atoms with Gasteiger partial charge in [-0.2, -0.15) is 5.10 Å². The van der Waals surface area contributed by atoms with E-state index in [4.69, 9.17) is 5.11 Å². The first-order valence-corrected chi connectivity index (χ1v) is 6.58. The molecule has 0 radical (unpaired) electrons. The van der Waals surface area contributed by atoms with Gasteiger partial charge >= 0.3 is 5.97 Å². The van der Waals surface area contributed by atoms with Crippen LogP contribution in [0.15, 0.2) is 34.9 Å². The zero-order valence-electron chi connectivity index (χ0n) is 10.6. The molecular weight excluding hydrogens is 326 g/mol. The third-order valence-electron chi connectivity index (χ3n) is 2.61. The molecule has 1 amide bonds. The summed E-state index contributed by atoms with van der Waals surface area (Å²) in [5.74, 6) is -1.33. The predicted octanol–water partition coefficient (Wildman–Crippen LogP) is 2.29. The minimum absolute atomic E-state index is 0.0375. The SMILES string of the molecule is Cc1nn(CC(=O)Nc2ccc(Br)cc2)cc1C(=O)O. The molecule has 0 aliphatic carbocycles. The van der Waals surface area contributed by atoms with Crippen molar-refractivity contribution in [2.75, 3.05) is 5.32 Å². The minimum Gasteiger partial charge on any atom is -0.478 e. The summed E-state index contributed by atoms with van der Waals surface area (Å²) in [6.07, 6.45) is 1.35. The number of anilines is 1. The third-order valence-corrected chi connectivity index (χ3v) is 3.14. The molecule has 6 nitrogen and oxygen atoms in total. The van der Waals surface area contributed by atoms with Crippen LogP contribution in [0, 0.1) is 6.92 Å². The Morgan fingerprint density at radius 1 is 1.35 bits per heavy atom. The molecule has 20 heavy (non-hydrogen) atoms. The number of carbonyl (C=O) groups is 2. The van der Waals surface area contributed by atoms with E-state index < -0.39 is 5.97 Å². The number of benzene rings is 1. The van der Waals surface area contributed by atoms with Crippen molar-refractivity contribution in [3.05, 3.63) is 46.2 Å². The van der Waals surface area contributed by atoms with Gasteiger partial charge in [0.25, 0.3) is 0 Å². The lowest BCUT2D eigenvalue weighted by molar-refractivity contribution is -0.116. The summed E-state index contributed by atoms with van der Waals surface area (Å²) >= 11 is 3.31. The first-order chi connectivity index (χ1) is 9.45. The Morgan fingerprint density at radius 3 is 2.55 bits per heavy atom. The summed E-state index contributed by atoms with van der Waals surface area (Å²) in [7, 11) is 0. The number of carboxylic acids is 1. The van der Waals surface area contributed by atoms with Crippen molar-refractivity contribution >= 4 is 33.5 Å². The molecule has 2 rings (SSSR count). The van der Waals surface area contributed by atoms with Crippen LogP contribution in [-0.4, -0.2) is 26.8 Å². The molecule has 0 bridgehead atoms. The van der Waals surface area contributed by atoms with Crippen LogP contribution in [0.25, 0.3) is 0 Å². The molecule has 0 unspecified atom stereocenters. The zero-order chi connectivity index (χ0) is 14.7. The highest BCUT2D eigenvalue weighted by Gasteiger charge is 2.13. The summed E-state index contributed by atoms with van der Waals surface area (Å²) < 4.78 is 2.23. The maximum atomic E-state index is 11.8. The van der Waals surface area contributed by atoms with Gasteiger partial charge in [-0.25, -0.2) is 4.79 Å². The number of nitrogens with zero attached hydrogens (tertiary/aromatic N) is 2. The highest BCUT2D eigenvalue weighted by atomic mass is 79.9. The molecule has 1 aromatic heterocycles. The van der Waals surface area contributed by atoms with E-state index in [-0.39, 0.29) is 18.0 Å². The van der Waals surface area contributed by atoms with Crippen molar-refractivity contribution in [3.8, 4) is 0 Å². The molecule has 0 fully saturated rings. The van der Waals surface area contributed by atoms with Gasteiger partial charge in [-0.15, -0.1) is 0 Å². The Morgan fingerprint density at radius 2 is 2.00 bits per heavy atom. The van der Waals surface area contributed by atoms with Gasteiger partial charge in [0.15, 0.2) is 0 Å². The molecular formula is C13H12BrN3O3. The normalized spacial score (nSPS) is 10.3. The van der Waals surface area contributed by atoms with E-state index in [2.05, 4.69) is 26.3 Å². The van der Waals surface area contributed by atoms with Gasteiger partial charge in [-0.1, -0.05) is 15.9 Å². The fraction of sp³-hybridized carbons (Fsp3) is 0.154. The van der Waals surface area contributed by atoms with Gasteiger partial charge in [-0.05, 0) is 31.2 Å². The molecule has 0 spiro atoms. The molecule has 0 aliphatic rings. The molecule has 104 valence electrons. The first kappa shape index (κ1) is 14.3. The van der Waals surface area contributed by atoms with Crippen molar-refractivity contribution in [2.45, 2.75) is 13.5 Å². The highest BCUT2D eigenvalue weighted by Crippen LogP contribution is 2.14. The Kier molecular flexibility index (Phi) is 4.19. The molecule has 1 aromatic carbocycles. The lowest BCUT2D eigenvalue weighted by Gasteiger charge is -2.05. The van der Waals surface area contributed by atoms with Crippen molar-refractivity contribution in [3.63, 3.8) is 0 Å². The Labute approximate surface area is 123 Å². The monoisotopic (exact) mass is 337 g/mol. The van der Waals surface area contributed by atoms with Gasteiger partial charge in [0, 0.05) is 16.4 Å². The molecule has 7 heteroatoms. The van der Waals surface area contributed by atoms with E-state index in [1.54, 1.807) is 19.1 Å². The predicted molar refractivity (Wildman–Crippen MR) is 76.7 cm³/mol. The average molecular weight is 338 g/mol. The number of aryl methyl sites for hydroxylation is 1. The highest BCUT2D eigenvalue weighted by molar-refractivity contribution is 9.10. The second-order valence-corrected chi connectivity index (χ2v) is 5.10. The number of halogens is 1. The third kappa shape index (κ3) is 3.45. The van der Waals surface area contributed by atoms with Crippen LogP contribution in [0.1, 0.15) is 16.1 Å². The molecule has 0 aliphatic heterocycles. The van der Waals surface area contributed by atoms with Crippen LogP contribution in [0.2, 0.25) is 0 Å². The van der Waals surface area contributed by atoms with E-state index in [0.717, 1.165) is 4.47 Å². The Balaban J connectivity index is 2.03. The van der Waals surface area contributed by atoms with Gasteiger partial charge in [0.2, 0.25) is 5.91 Å². The largest absolute Gasteiger partial charge is 0.478 e. The second-order valence-electron chi connectivity index (χ2n) is 4.19. The van der Waals surface area contributed by atoms with Crippen LogP contribution >= 0.6 is 15.9 Å². The van der Waals surface area contributed by atoms with Gasteiger partial charge in [-0.3, -0.25) is 9.48 Å². The van der Waals surface area contributed by atoms with E-state index >= 15 is 0 Å². The van der Waals surface area contributed by atoms with Gasteiger partial charge < -0.3 is 10.4 Å². The van der Waals surface area contributed by atoms with Crippen LogP contribution < -0.4 is 5.32 Å². The standard InChI is InChI=1S/C13H12BrN3O3/c1-8-11(13(19)20)6-17(16-8)7-12(18)15-10-4-2-9(14)3-5-10/h2-6H,7H2,1H3,(H,15,18)(H,19,20). The van der Waals surface area contributed by atoms with Gasteiger partial charge in [0.05, 0.1) is 5.69 Å². The van der Waals surface area contributed by atoms with Crippen molar-refractivity contribution < 1.29 is 14.7 Å². The maximum Gasteiger partial charge on any atom is 0.339 e. The quantitative estimate of drug-likeness (QED) is 0.896.